The van der Waals surface area contributed by atoms with Gasteiger partial charge >= 0.3 is 5.97 Å². The molecule has 1 aliphatic rings. The summed E-state index contributed by atoms with van der Waals surface area (Å²) < 4.78 is 20.4. The molecule has 0 aliphatic carbocycles. The molecule has 0 unspecified atom stereocenters. The zero-order valence-electron chi connectivity index (χ0n) is 18.4. The van der Waals surface area contributed by atoms with E-state index in [0.29, 0.717) is 24.3 Å². The maximum absolute atomic E-state index is 13.5. The van der Waals surface area contributed by atoms with Crippen LogP contribution in [0.15, 0.2) is 85.1 Å². The molecule has 170 valence electrons. The average molecular weight is 455 g/mol. The quantitative estimate of drug-likeness (QED) is 0.418. The van der Waals surface area contributed by atoms with Crippen LogP contribution in [0.2, 0.25) is 0 Å². The van der Waals surface area contributed by atoms with E-state index in [0.717, 1.165) is 17.7 Å². The highest BCUT2D eigenvalue weighted by Gasteiger charge is 2.24. The number of nitrogens with zero attached hydrogens (tertiary/aromatic N) is 3. The third kappa shape index (κ3) is 4.45. The normalized spacial score (nSPS) is 12.8. The number of esters is 1. The van der Waals surface area contributed by atoms with Gasteiger partial charge in [-0.15, -0.1) is 0 Å². The molecule has 0 saturated heterocycles. The van der Waals surface area contributed by atoms with Crippen LogP contribution in [0, 0.1) is 5.82 Å². The van der Waals surface area contributed by atoms with Gasteiger partial charge < -0.3 is 9.64 Å². The Hall–Kier alpha value is -4.26. The van der Waals surface area contributed by atoms with E-state index in [1.165, 1.54) is 17.7 Å². The minimum Gasteiger partial charge on any atom is -0.452 e. The maximum Gasteiger partial charge on any atom is 0.342 e. The van der Waals surface area contributed by atoms with Gasteiger partial charge in [0, 0.05) is 24.8 Å². The lowest BCUT2D eigenvalue weighted by molar-refractivity contribution is -0.135. The predicted molar refractivity (Wildman–Crippen MR) is 125 cm³/mol. The molecule has 2 heterocycles. The summed E-state index contributed by atoms with van der Waals surface area (Å²) in [6.45, 7) is 0.722. The third-order valence-corrected chi connectivity index (χ3v) is 5.88. The zero-order valence-corrected chi connectivity index (χ0v) is 18.4. The van der Waals surface area contributed by atoms with E-state index in [1.807, 2.05) is 48.5 Å². The monoisotopic (exact) mass is 455 g/mol. The largest absolute Gasteiger partial charge is 0.452 e. The van der Waals surface area contributed by atoms with Crippen LogP contribution in [0.5, 0.6) is 0 Å². The Morgan fingerprint density at radius 3 is 2.38 bits per heavy atom. The molecule has 0 saturated carbocycles. The number of ether oxygens (including phenoxy) is 1. The number of amides is 1. The Balaban J connectivity index is 1.35. The van der Waals surface area contributed by atoms with Crippen LogP contribution in [0.1, 0.15) is 21.5 Å². The second kappa shape index (κ2) is 9.31. The molecule has 0 radical (unpaired) electrons. The highest BCUT2D eigenvalue weighted by molar-refractivity contribution is 5.97. The SMILES string of the molecule is O=C(OCC(=O)N1CCc2ccccc2C1)c1cn(-c2ccccc2)nc1-c1ccc(F)cc1. The lowest BCUT2D eigenvalue weighted by Crippen LogP contribution is -2.38. The predicted octanol–water partition coefficient (Wildman–Crippen LogP) is 4.42. The van der Waals surface area contributed by atoms with Gasteiger partial charge in [0.05, 0.1) is 5.69 Å². The van der Waals surface area contributed by atoms with Crippen molar-refractivity contribution in [2.75, 3.05) is 13.2 Å². The molecular formula is C27H22FN3O3. The number of halogens is 1. The fourth-order valence-corrected chi connectivity index (χ4v) is 4.06. The summed E-state index contributed by atoms with van der Waals surface area (Å²) in [4.78, 5) is 27.5. The summed E-state index contributed by atoms with van der Waals surface area (Å²) in [6.07, 6.45) is 2.34. The number of rotatable bonds is 5. The van der Waals surface area contributed by atoms with E-state index < -0.39 is 5.97 Å². The minimum atomic E-state index is -0.660. The Kier molecular flexibility index (Phi) is 5.91. The number of benzene rings is 3. The number of aromatic nitrogens is 2. The van der Waals surface area contributed by atoms with Crippen molar-refractivity contribution in [3.05, 3.63) is 108 Å². The summed E-state index contributed by atoms with van der Waals surface area (Å²) >= 11 is 0. The topological polar surface area (TPSA) is 64.4 Å². The number of para-hydroxylation sites is 1. The molecule has 7 heteroatoms. The summed E-state index contributed by atoms with van der Waals surface area (Å²) in [5.74, 6) is -1.29. The molecule has 1 aromatic heterocycles. The zero-order chi connectivity index (χ0) is 23.5. The van der Waals surface area contributed by atoms with Crippen LogP contribution in [-0.2, 0) is 22.5 Å². The fourth-order valence-electron chi connectivity index (χ4n) is 4.06. The Morgan fingerprint density at radius 1 is 0.912 bits per heavy atom. The van der Waals surface area contributed by atoms with Crippen molar-refractivity contribution < 1.29 is 18.7 Å². The van der Waals surface area contributed by atoms with Gasteiger partial charge in [-0.3, -0.25) is 4.79 Å². The van der Waals surface area contributed by atoms with E-state index in [9.17, 15) is 14.0 Å². The second-order valence-electron chi connectivity index (χ2n) is 8.09. The van der Waals surface area contributed by atoms with Crippen molar-refractivity contribution in [2.45, 2.75) is 13.0 Å². The first-order valence-electron chi connectivity index (χ1n) is 11.0. The van der Waals surface area contributed by atoms with Crippen LogP contribution in [-0.4, -0.2) is 39.7 Å². The molecule has 0 N–H and O–H groups in total. The highest BCUT2D eigenvalue weighted by atomic mass is 19.1. The van der Waals surface area contributed by atoms with Gasteiger partial charge in [-0.1, -0.05) is 42.5 Å². The first-order chi connectivity index (χ1) is 16.6. The van der Waals surface area contributed by atoms with Crippen molar-refractivity contribution in [1.82, 2.24) is 14.7 Å². The summed E-state index contributed by atoms with van der Waals surface area (Å²) in [5, 5.41) is 4.54. The summed E-state index contributed by atoms with van der Waals surface area (Å²) in [7, 11) is 0. The van der Waals surface area contributed by atoms with E-state index >= 15 is 0 Å². The number of carbonyl (C=O) groups excluding carboxylic acids is 2. The van der Waals surface area contributed by atoms with Gasteiger partial charge in [-0.05, 0) is 53.9 Å². The lowest BCUT2D eigenvalue weighted by Gasteiger charge is -2.28. The van der Waals surface area contributed by atoms with Gasteiger partial charge in [0.25, 0.3) is 5.91 Å². The van der Waals surface area contributed by atoms with Gasteiger partial charge in [0.1, 0.15) is 17.1 Å². The van der Waals surface area contributed by atoms with Crippen molar-refractivity contribution in [3.8, 4) is 16.9 Å². The lowest BCUT2D eigenvalue weighted by atomic mass is 10.00. The van der Waals surface area contributed by atoms with Crippen molar-refractivity contribution in [3.63, 3.8) is 0 Å². The van der Waals surface area contributed by atoms with E-state index in [-0.39, 0.29) is 23.9 Å². The Morgan fingerprint density at radius 2 is 1.62 bits per heavy atom. The molecule has 0 spiro atoms. The number of hydrogen-bond donors (Lipinski definition) is 0. The molecule has 34 heavy (non-hydrogen) atoms. The van der Waals surface area contributed by atoms with Crippen LogP contribution >= 0.6 is 0 Å². The fraction of sp³-hybridized carbons (Fsp3) is 0.148. The van der Waals surface area contributed by atoms with Crippen LogP contribution in [0.25, 0.3) is 16.9 Å². The van der Waals surface area contributed by atoms with Crippen molar-refractivity contribution >= 4 is 11.9 Å². The van der Waals surface area contributed by atoms with Crippen LogP contribution in [0.4, 0.5) is 4.39 Å². The standard InChI is InChI=1S/C27H22FN3O3/c28-22-12-10-20(11-13-22)26-24(17-31(29-26)23-8-2-1-3-9-23)27(33)34-18-25(32)30-15-14-19-6-4-5-7-21(19)16-30/h1-13,17H,14-16,18H2. The molecule has 0 bridgehead atoms. The number of carbonyl (C=O) groups is 2. The molecule has 5 rings (SSSR count). The molecule has 6 nitrogen and oxygen atoms in total. The van der Waals surface area contributed by atoms with E-state index in [2.05, 4.69) is 11.2 Å². The van der Waals surface area contributed by atoms with Gasteiger partial charge in [0.2, 0.25) is 0 Å². The smallest absolute Gasteiger partial charge is 0.342 e. The van der Waals surface area contributed by atoms with Crippen molar-refractivity contribution in [2.24, 2.45) is 0 Å². The van der Waals surface area contributed by atoms with E-state index in [4.69, 9.17) is 4.74 Å². The number of fused-ring (bicyclic) bond motifs is 1. The summed E-state index contributed by atoms with van der Waals surface area (Å²) in [6, 6.07) is 23.1. The molecule has 1 aliphatic heterocycles. The van der Waals surface area contributed by atoms with Gasteiger partial charge in [-0.25, -0.2) is 13.9 Å². The van der Waals surface area contributed by atoms with Gasteiger partial charge in [0.15, 0.2) is 6.61 Å². The molecule has 4 aromatic rings. The van der Waals surface area contributed by atoms with Crippen LogP contribution < -0.4 is 0 Å². The van der Waals surface area contributed by atoms with Crippen molar-refractivity contribution in [1.29, 1.82) is 0 Å². The number of hydrogen-bond acceptors (Lipinski definition) is 4. The molecule has 0 fully saturated rings. The minimum absolute atomic E-state index is 0.201. The first-order valence-corrected chi connectivity index (χ1v) is 11.0. The summed E-state index contributed by atoms with van der Waals surface area (Å²) in [5.41, 5.74) is 4.23. The maximum atomic E-state index is 13.5. The third-order valence-electron chi connectivity index (χ3n) is 5.88. The molecule has 1 amide bonds. The molecule has 3 aromatic carbocycles. The van der Waals surface area contributed by atoms with Crippen LogP contribution in [0.3, 0.4) is 0 Å². The van der Waals surface area contributed by atoms with E-state index in [1.54, 1.807) is 27.9 Å². The Labute approximate surface area is 196 Å². The highest BCUT2D eigenvalue weighted by Crippen LogP contribution is 2.25. The second-order valence-corrected chi connectivity index (χ2v) is 8.09. The average Bonchev–Trinajstić information content (AvgIpc) is 3.33. The Bertz CT molecular complexity index is 1330. The molecular weight excluding hydrogens is 433 g/mol. The molecule has 0 atom stereocenters. The first kappa shape index (κ1) is 21.6. The van der Waals surface area contributed by atoms with Gasteiger partial charge in [-0.2, -0.15) is 5.10 Å².